The Morgan fingerprint density at radius 3 is 2.69 bits per heavy atom. The van der Waals surface area contributed by atoms with E-state index >= 15 is 0 Å². The van der Waals surface area contributed by atoms with E-state index in [0.29, 0.717) is 5.82 Å². The number of carbonyl (C=O) groups is 1. The largest absolute Gasteiger partial charge is 0.394 e. The van der Waals surface area contributed by atoms with Crippen molar-refractivity contribution in [1.29, 1.82) is 0 Å². The van der Waals surface area contributed by atoms with Gasteiger partial charge in [-0.05, 0) is 20.8 Å². The van der Waals surface area contributed by atoms with Crippen LogP contribution < -0.4 is 10.6 Å². The summed E-state index contributed by atoms with van der Waals surface area (Å²) < 4.78 is 1.67. The third-order valence-electron chi connectivity index (χ3n) is 2.20. The van der Waals surface area contributed by atoms with Crippen molar-refractivity contribution in [3.63, 3.8) is 0 Å². The minimum absolute atomic E-state index is 0.123. The standard InChI is InChI=1S/C10H18N4O2/c1-7-5-8(13-14(7)4)11-9(16)12-10(2,3)6-15/h5,15H,6H2,1-4H3,(H2,11,12,13,16). The molecular formula is C10H18N4O2. The van der Waals surface area contributed by atoms with E-state index in [1.54, 1.807) is 31.6 Å². The maximum absolute atomic E-state index is 11.5. The van der Waals surface area contributed by atoms with Gasteiger partial charge in [0.05, 0.1) is 12.1 Å². The summed E-state index contributed by atoms with van der Waals surface area (Å²) in [5, 5.41) is 18.3. The fourth-order valence-electron chi connectivity index (χ4n) is 1.12. The Balaban J connectivity index is 2.58. The Labute approximate surface area is 94.6 Å². The maximum Gasteiger partial charge on any atom is 0.320 e. The van der Waals surface area contributed by atoms with Gasteiger partial charge in [0.15, 0.2) is 5.82 Å². The molecule has 1 aromatic rings. The van der Waals surface area contributed by atoms with Crippen LogP contribution >= 0.6 is 0 Å². The first-order chi connectivity index (χ1) is 7.34. The summed E-state index contributed by atoms with van der Waals surface area (Å²) in [6.45, 7) is 5.24. The molecule has 0 spiro atoms. The molecule has 0 unspecified atom stereocenters. The van der Waals surface area contributed by atoms with E-state index in [1.807, 2.05) is 6.92 Å². The molecule has 0 radical (unpaired) electrons. The van der Waals surface area contributed by atoms with Crippen LogP contribution in [0.15, 0.2) is 6.07 Å². The number of aryl methyl sites for hydroxylation is 2. The first-order valence-electron chi connectivity index (χ1n) is 5.05. The zero-order chi connectivity index (χ0) is 12.3. The van der Waals surface area contributed by atoms with Crippen LogP contribution in [0, 0.1) is 6.92 Å². The summed E-state index contributed by atoms with van der Waals surface area (Å²) in [5.41, 5.74) is 0.310. The summed E-state index contributed by atoms with van der Waals surface area (Å²) in [6, 6.07) is 1.39. The molecule has 1 heterocycles. The molecule has 6 nitrogen and oxygen atoms in total. The number of amides is 2. The van der Waals surface area contributed by atoms with Crippen LogP contribution in [-0.4, -0.2) is 33.1 Å². The van der Waals surface area contributed by atoms with Crippen LogP contribution in [0.3, 0.4) is 0 Å². The molecule has 0 saturated heterocycles. The maximum atomic E-state index is 11.5. The minimum atomic E-state index is -0.645. The molecule has 0 bridgehead atoms. The minimum Gasteiger partial charge on any atom is -0.394 e. The third kappa shape index (κ3) is 3.23. The topological polar surface area (TPSA) is 79.2 Å². The molecule has 0 aliphatic heterocycles. The van der Waals surface area contributed by atoms with Crippen molar-refractivity contribution in [1.82, 2.24) is 15.1 Å². The molecule has 1 aromatic heterocycles. The lowest BCUT2D eigenvalue weighted by Crippen LogP contribution is -2.48. The van der Waals surface area contributed by atoms with E-state index in [2.05, 4.69) is 15.7 Å². The fourth-order valence-corrected chi connectivity index (χ4v) is 1.12. The average molecular weight is 226 g/mol. The highest BCUT2D eigenvalue weighted by Gasteiger charge is 2.19. The number of rotatable bonds is 3. The van der Waals surface area contributed by atoms with Crippen LogP contribution in [-0.2, 0) is 7.05 Å². The Morgan fingerprint density at radius 2 is 2.25 bits per heavy atom. The number of carbonyl (C=O) groups excluding carboxylic acids is 1. The summed E-state index contributed by atoms with van der Waals surface area (Å²) in [4.78, 5) is 11.5. The van der Waals surface area contributed by atoms with Gasteiger partial charge in [-0.15, -0.1) is 0 Å². The van der Waals surface area contributed by atoms with Gasteiger partial charge in [-0.2, -0.15) is 5.10 Å². The molecule has 16 heavy (non-hydrogen) atoms. The SMILES string of the molecule is Cc1cc(NC(=O)NC(C)(C)CO)nn1C. The predicted molar refractivity (Wildman–Crippen MR) is 61.3 cm³/mol. The van der Waals surface area contributed by atoms with Crippen molar-refractivity contribution in [2.24, 2.45) is 7.05 Å². The number of anilines is 1. The summed E-state index contributed by atoms with van der Waals surface area (Å²) >= 11 is 0. The van der Waals surface area contributed by atoms with E-state index in [9.17, 15) is 4.79 Å². The molecule has 0 saturated carbocycles. The van der Waals surface area contributed by atoms with Crippen molar-refractivity contribution in [3.05, 3.63) is 11.8 Å². The molecule has 0 atom stereocenters. The van der Waals surface area contributed by atoms with Gasteiger partial charge in [-0.1, -0.05) is 0 Å². The van der Waals surface area contributed by atoms with Gasteiger partial charge in [0.25, 0.3) is 0 Å². The van der Waals surface area contributed by atoms with Crippen molar-refractivity contribution < 1.29 is 9.90 Å². The Hall–Kier alpha value is -1.56. The highest BCUT2D eigenvalue weighted by atomic mass is 16.3. The van der Waals surface area contributed by atoms with Gasteiger partial charge in [-0.25, -0.2) is 4.79 Å². The third-order valence-corrected chi connectivity index (χ3v) is 2.20. The molecule has 2 amide bonds. The van der Waals surface area contributed by atoms with Crippen LogP contribution in [0.5, 0.6) is 0 Å². The second-order valence-electron chi connectivity index (χ2n) is 4.42. The predicted octanol–water partition coefficient (Wildman–Crippen LogP) is 0.621. The van der Waals surface area contributed by atoms with Crippen LogP contribution in [0.2, 0.25) is 0 Å². The Bertz CT molecular complexity index is 365. The summed E-state index contributed by atoms with van der Waals surface area (Å²) in [6.07, 6.45) is 0. The molecule has 0 fully saturated rings. The lowest BCUT2D eigenvalue weighted by molar-refractivity contribution is 0.187. The van der Waals surface area contributed by atoms with E-state index in [0.717, 1.165) is 5.69 Å². The van der Waals surface area contributed by atoms with Crippen molar-refractivity contribution in [2.45, 2.75) is 26.3 Å². The van der Waals surface area contributed by atoms with Gasteiger partial charge in [0.2, 0.25) is 0 Å². The molecule has 3 N–H and O–H groups in total. The molecule has 0 aliphatic carbocycles. The molecule has 6 heteroatoms. The average Bonchev–Trinajstić information content (AvgIpc) is 2.44. The van der Waals surface area contributed by atoms with Gasteiger partial charge in [0, 0.05) is 18.8 Å². The van der Waals surface area contributed by atoms with Crippen LogP contribution in [0.25, 0.3) is 0 Å². The second-order valence-corrected chi connectivity index (χ2v) is 4.42. The Morgan fingerprint density at radius 1 is 1.62 bits per heavy atom. The van der Waals surface area contributed by atoms with Gasteiger partial charge in [-0.3, -0.25) is 10.00 Å². The number of aliphatic hydroxyl groups excluding tert-OH is 1. The van der Waals surface area contributed by atoms with Gasteiger partial charge >= 0.3 is 6.03 Å². The van der Waals surface area contributed by atoms with Crippen LogP contribution in [0.1, 0.15) is 19.5 Å². The zero-order valence-corrected chi connectivity index (χ0v) is 10.0. The van der Waals surface area contributed by atoms with Crippen LogP contribution in [0.4, 0.5) is 10.6 Å². The molecule has 1 rings (SSSR count). The Kier molecular flexibility index (Phi) is 3.54. The van der Waals surface area contributed by atoms with Crippen molar-refractivity contribution in [3.8, 4) is 0 Å². The second kappa shape index (κ2) is 4.52. The van der Waals surface area contributed by atoms with Gasteiger partial charge < -0.3 is 10.4 Å². The van der Waals surface area contributed by atoms with E-state index < -0.39 is 5.54 Å². The van der Waals surface area contributed by atoms with E-state index in [1.165, 1.54) is 0 Å². The number of aliphatic hydroxyl groups is 1. The first kappa shape index (κ1) is 12.5. The molecular weight excluding hydrogens is 208 g/mol. The summed E-state index contributed by atoms with van der Waals surface area (Å²) in [7, 11) is 1.80. The smallest absolute Gasteiger partial charge is 0.320 e. The number of hydrogen-bond donors (Lipinski definition) is 3. The summed E-state index contributed by atoms with van der Waals surface area (Å²) in [5.74, 6) is 0.492. The molecule has 0 aromatic carbocycles. The molecule has 90 valence electrons. The lowest BCUT2D eigenvalue weighted by Gasteiger charge is -2.23. The quantitative estimate of drug-likeness (QED) is 0.707. The normalized spacial score (nSPS) is 11.3. The number of urea groups is 1. The van der Waals surface area contributed by atoms with E-state index in [4.69, 9.17) is 5.11 Å². The highest BCUT2D eigenvalue weighted by Crippen LogP contribution is 2.07. The monoisotopic (exact) mass is 226 g/mol. The lowest BCUT2D eigenvalue weighted by atomic mass is 10.1. The van der Waals surface area contributed by atoms with Gasteiger partial charge in [0.1, 0.15) is 0 Å². The first-order valence-corrected chi connectivity index (χ1v) is 5.05. The number of aromatic nitrogens is 2. The van der Waals surface area contributed by atoms with E-state index in [-0.39, 0.29) is 12.6 Å². The number of hydrogen-bond acceptors (Lipinski definition) is 3. The number of nitrogens with zero attached hydrogens (tertiary/aromatic N) is 2. The number of nitrogens with one attached hydrogen (secondary N) is 2. The molecule has 0 aliphatic rings. The highest BCUT2D eigenvalue weighted by molar-refractivity contribution is 5.88. The van der Waals surface area contributed by atoms with Crippen molar-refractivity contribution in [2.75, 3.05) is 11.9 Å². The zero-order valence-electron chi connectivity index (χ0n) is 10.0. The fraction of sp³-hybridized carbons (Fsp3) is 0.600. The van der Waals surface area contributed by atoms with Crippen molar-refractivity contribution >= 4 is 11.8 Å².